The summed E-state index contributed by atoms with van der Waals surface area (Å²) in [6.07, 6.45) is 0.805. The molecule has 2 rings (SSSR count). The third-order valence-corrected chi connectivity index (χ3v) is 3.69. The van der Waals surface area contributed by atoms with Gasteiger partial charge in [-0.05, 0) is 12.0 Å². The molecule has 1 fully saturated rings. The lowest BCUT2D eigenvalue weighted by atomic mass is 9.93. The van der Waals surface area contributed by atoms with Gasteiger partial charge in [0.25, 0.3) is 0 Å². The number of carbonyl (C=O) groups is 1. The van der Waals surface area contributed by atoms with Gasteiger partial charge in [0.05, 0.1) is 18.6 Å². The maximum absolute atomic E-state index is 11.0. The van der Waals surface area contributed by atoms with Crippen molar-refractivity contribution < 1.29 is 14.6 Å². The van der Waals surface area contributed by atoms with Crippen LogP contribution in [-0.2, 0) is 16.1 Å². The van der Waals surface area contributed by atoms with Gasteiger partial charge >= 0.3 is 5.97 Å². The second-order valence-corrected chi connectivity index (χ2v) is 5.15. The molecule has 1 aromatic carbocycles. The molecule has 0 radical (unpaired) electrons. The van der Waals surface area contributed by atoms with Crippen molar-refractivity contribution in [2.75, 3.05) is 19.7 Å². The summed E-state index contributed by atoms with van der Waals surface area (Å²) in [4.78, 5) is 13.3. The maximum Gasteiger partial charge on any atom is 0.306 e. The quantitative estimate of drug-likeness (QED) is 0.884. The van der Waals surface area contributed by atoms with E-state index >= 15 is 0 Å². The number of carboxylic acid groups (broad SMARTS) is 1. The van der Waals surface area contributed by atoms with E-state index in [1.54, 1.807) is 0 Å². The van der Waals surface area contributed by atoms with Crippen LogP contribution >= 0.6 is 0 Å². The van der Waals surface area contributed by atoms with Crippen LogP contribution in [0.4, 0.5) is 0 Å². The Morgan fingerprint density at radius 2 is 2.16 bits per heavy atom. The number of rotatable bonds is 5. The maximum atomic E-state index is 11.0. The second-order valence-electron chi connectivity index (χ2n) is 5.15. The molecular formula is C15H21NO3. The van der Waals surface area contributed by atoms with Crippen LogP contribution in [0.5, 0.6) is 0 Å². The number of ether oxygens (including phenoxy) is 1. The number of nitrogens with zero attached hydrogens (tertiary/aromatic N) is 1. The van der Waals surface area contributed by atoms with E-state index < -0.39 is 11.6 Å². The smallest absolute Gasteiger partial charge is 0.306 e. The molecule has 0 aliphatic carbocycles. The molecule has 19 heavy (non-hydrogen) atoms. The highest BCUT2D eigenvalue weighted by molar-refractivity contribution is 5.68. The summed E-state index contributed by atoms with van der Waals surface area (Å²) in [7, 11) is 0. The Balaban J connectivity index is 2.01. The van der Waals surface area contributed by atoms with Gasteiger partial charge in [-0.2, -0.15) is 0 Å². The zero-order valence-corrected chi connectivity index (χ0v) is 11.3. The number of hydrogen-bond acceptors (Lipinski definition) is 3. The van der Waals surface area contributed by atoms with Gasteiger partial charge in [-0.1, -0.05) is 37.3 Å². The van der Waals surface area contributed by atoms with E-state index in [1.165, 1.54) is 5.56 Å². The van der Waals surface area contributed by atoms with Crippen LogP contribution in [0.2, 0.25) is 0 Å². The number of hydrogen-bond donors (Lipinski definition) is 1. The molecule has 1 aliphatic heterocycles. The van der Waals surface area contributed by atoms with Crippen molar-refractivity contribution >= 4 is 5.97 Å². The van der Waals surface area contributed by atoms with E-state index in [4.69, 9.17) is 9.84 Å². The van der Waals surface area contributed by atoms with Crippen LogP contribution in [0.25, 0.3) is 0 Å². The molecule has 1 atom stereocenters. The zero-order valence-electron chi connectivity index (χ0n) is 11.3. The Hall–Kier alpha value is -1.39. The largest absolute Gasteiger partial charge is 0.481 e. The highest BCUT2D eigenvalue weighted by Crippen LogP contribution is 2.26. The average Bonchev–Trinajstić information content (AvgIpc) is 2.39. The van der Waals surface area contributed by atoms with Crippen molar-refractivity contribution in [3.63, 3.8) is 0 Å². The standard InChI is InChI=1S/C15H21NO3/c1-2-15(10-14(17)18)12-16(8-9-19-15)11-13-6-4-3-5-7-13/h3-7H,2,8-12H2,1H3,(H,17,18). The molecule has 1 heterocycles. The van der Waals surface area contributed by atoms with E-state index in [2.05, 4.69) is 17.0 Å². The molecule has 0 aromatic heterocycles. The first-order chi connectivity index (χ1) is 9.13. The normalized spacial score (nSPS) is 24.3. The van der Waals surface area contributed by atoms with E-state index in [1.807, 2.05) is 25.1 Å². The second kappa shape index (κ2) is 6.17. The third-order valence-electron chi connectivity index (χ3n) is 3.69. The van der Waals surface area contributed by atoms with E-state index in [-0.39, 0.29) is 6.42 Å². The van der Waals surface area contributed by atoms with E-state index in [0.29, 0.717) is 13.2 Å². The van der Waals surface area contributed by atoms with Gasteiger partial charge in [-0.25, -0.2) is 0 Å². The SMILES string of the molecule is CCC1(CC(=O)O)CN(Cc2ccccc2)CCO1. The van der Waals surface area contributed by atoms with Gasteiger partial charge < -0.3 is 9.84 Å². The Morgan fingerprint density at radius 3 is 2.79 bits per heavy atom. The average molecular weight is 263 g/mol. The summed E-state index contributed by atoms with van der Waals surface area (Å²) in [5.41, 5.74) is 0.725. The number of benzene rings is 1. The van der Waals surface area contributed by atoms with Gasteiger partial charge in [-0.15, -0.1) is 0 Å². The monoisotopic (exact) mass is 263 g/mol. The van der Waals surface area contributed by atoms with Crippen molar-refractivity contribution in [2.24, 2.45) is 0 Å². The summed E-state index contributed by atoms with van der Waals surface area (Å²) in [5, 5.41) is 9.04. The fourth-order valence-corrected chi connectivity index (χ4v) is 2.62. The van der Waals surface area contributed by atoms with Crippen LogP contribution in [0, 0.1) is 0 Å². The van der Waals surface area contributed by atoms with Crippen molar-refractivity contribution in [1.82, 2.24) is 4.90 Å². The Bertz CT molecular complexity index is 421. The minimum atomic E-state index is -0.789. The van der Waals surface area contributed by atoms with Crippen molar-refractivity contribution in [3.8, 4) is 0 Å². The molecule has 1 N–H and O–H groups in total. The molecule has 0 spiro atoms. The summed E-state index contributed by atoms with van der Waals surface area (Å²) in [5.74, 6) is -0.789. The van der Waals surface area contributed by atoms with Gasteiger partial charge in [0, 0.05) is 19.6 Å². The highest BCUT2D eigenvalue weighted by atomic mass is 16.5. The molecule has 1 unspecified atom stereocenters. The molecule has 1 aliphatic rings. The van der Waals surface area contributed by atoms with Crippen molar-refractivity contribution in [1.29, 1.82) is 0 Å². The number of carboxylic acids is 1. The molecule has 0 amide bonds. The van der Waals surface area contributed by atoms with E-state index in [9.17, 15) is 4.79 Å². The first-order valence-electron chi connectivity index (χ1n) is 6.75. The third kappa shape index (κ3) is 3.78. The minimum Gasteiger partial charge on any atom is -0.481 e. The van der Waals surface area contributed by atoms with E-state index in [0.717, 1.165) is 19.5 Å². The summed E-state index contributed by atoms with van der Waals surface area (Å²) < 4.78 is 5.77. The fourth-order valence-electron chi connectivity index (χ4n) is 2.62. The molecule has 4 heteroatoms. The van der Waals surface area contributed by atoms with Crippen LogP contribution in [-0.4, -0.2) is 41.3 Å². The summed E-state index contributed by atoms with van der Waals surface area (Å²) in [6, 6.07) is 10.3. The molecule has 1 saturated heterocycles. The van der Waals surface area contributed by atoms with Gasteiger partial charge in [0.15, 0.2) is 0 Å². The Labute approximate surface area is 114 Å². The zero-order chi connectivity index (χ0) is 13.7. The van der Waals surface area contributed by atoms with Gasteiger partial charge in [0.2, 0.25) is 0 Å². The van der Waals surface area contributed by atoms with Crippen LogP contribution in [0.15, 0.2) is 30.3 Å². The number of morpholine rings is 1. The molecule has 4 nitrogen and oxygen atoms in total. The molecular weight excluding hydrogens is 242 g/mol. The number of aliphatic carboxylic acids is 1. The van der Waals surface area contributed by atoms with Crippen LogP contribution < -0.4 is 0 Å². The predicted octanol–water partition coefficient (Wildman–Crippen LogP) is 2.14. The molecule has 0 saturated carbocycles. The van der Waals surface area contributed by atoms with Crippen molar-refractivity contribution in [2.45, 2.75) is 31.9 Å². The Kier molecular flexibility index (Phi) is 4.56. The van der Waals surface area contributed by atoms with Crippen LogP contribution in [0.3, 0.4) is 0 Å². The topological polar surface area (TPSA) is 49.8 Å². The van der Waals surface area contributed by atoms with Gasteiger partial charge in [0.1, 0.15) is 0 Å². The lowest BCUT2D eigenvalue weighted by molar-refractivity contribution is -0.155. The first-order valence-corrected chi connectivity index (χ1v) is 6.75. The van der Waals surface area contributed by atoms with Crippen molar-refractivity contribution in [3.05, 3.63) is 35.9 Å². The predicted molar refractivity (Wildman–Crippen MR) is 72.9 cm³/mol. The van der Waals surface area contributed by atoms with Gasteiger partial charge in [-0.3, -0.25) is 9.69 Å². The summed E-state index contributed by atoms with van der Waals surface area (Å²) >= 11 is 0. The summed E-state index contributed by atoms with van der Waals surface area (Å²) in [6.45, 7) is 5.00. The highest BCUT2D eigenvalue weighted by Gasteiger charge is 2.37. The molecule has 104 valence electrons. The first kappa shape index (κ1) is 14.0. The Morgan fingerprint density at radius 1 is 1.42 bits per heavy atom. The lowest BCUT2D eigenvalue weighted by Gasteiger charge is -2.41. The minimum absolute atomic E-state index is 0.0782. The fraction of sp³-hybridized carbons (Fsp3) is 0.533. The van der Waals surface area contributed by atoms with Crippen LogP contribution in [0.1, 0.15) is 25.3 Å². The lowest BCUT2D eigenvalue weighted by Crippen LogP contribution is -2.52. The molecule has 1 aromatic rings. The molecule has 0 bridgehead atoms.